The molecule has 1 amide bonds. The topological polar surface area (TPSA) is 113 Å². The summed E-state index contributed by atoms with van der Waals surface area (Å²) in [7, 11) is 0. The molecule has 0 aliphatic rings. The molecule has 0 fully saturated rings. The molecule has 0 radical (unpaired) electrons. The van der Waals surface area contributed by atoms with E-state index in [1.54, 1.807) is 34.9 Å². The number of carbonyl (C=O) groups is 1. The zero-order chi connectivity index (χ0) is 21.3. The zero-order valence-electron chi connectivity index (χ0n) is 16.6. The Morgan fingerprint density at radius 3 is 2.73 bits per heavy atom. The predicted molar refractivity (Wildman–Crippen MR) is 119 cm³/mol. The lowest BCUT2D eigenvalue weighted by atomic mass is 10.2. The summed E-state index contributed by atoms with van der Waals surface area (Å²) >= 11 is 1.23. The minimum Gasteiger partial charge on any atom is -0.325 e. The van der Waals surface area contributed by atoms with E-state index in [-0.39, 0.29) is 29.0 Å². The van der Waals surface area contributed by atoms with Crippen LogP contribution in [0.4, 0.5) is 5.69 Å². The number of H-pyrrole nitrogens is 2. The van der Waals surface area contributed by atoms with Gasteiger partial charge in [-0.25, -0.2) is 9.78 Å². The maximum Gasteiger partial charge on any atom is 0.323 e. The lowest BCUT2D eigenvalue weighted by Gasteiger charge is -2.18. The third-order valence-corrected chi connectivity index (χ3v) is 5.89. The summed E-state index contributed by atoms with van der Waals surface area (Å²) in [5, 5.41) is 3.91. The van der Waals surface area contributed by atoms with Gasteiger partial charge in [0.1, 0.15) is 0 Å². The van der Waals surface area contributed by atoms with Crippen molar-refractivity contribution in [1.82, 2.24) is 19.5 Å². The second kappa shape index (κ2) is 8.19. The number of anilines is 1. The highest BCUT2D eigenvalue weighted by atomic mass is 32.2. The van der Waals surface area contributed by atoms with Crippen LogP contribution in [0.1, 0.15) is 26.3 Å². The van der Waals surface area contributed by atoms with Crippen molar-refractivity contribution < 1.29 is 4.79 Å². The van der Waals surface area contributed by atoms with Crippen molar-refractivity contribution in [1.29, 1.82) is 0 Å². The SMILES string of the molecule is CC[C@H](C)n1c(SCC(=O)Nc2ccc3[nH]c(=O)[nH]c3c2)nc2ccccc2c1=O. The standard InChI is InChI=1S/C21H21N5O3S/c1-3-12(2)26-19(28)14-6-4-5-7-15(14)25-21(26)30-11-18(27)22-13-8-9-16-17(10-13)24-20(29)23-16/h4-10,12H,3,11H2,1-2H3,(H,22,27)(H2,23,24,29)/t12-/m0/s1. The van der Waals surface area contributed by atoms with Gasteiger partial charge in [-0.1, -0.05) is 30.8 Å². The van der Waals surface area contributed by atoms with Gasteiger partial charge in [0.25, 0.3) is 5.56 Å². The molecule has 4 aromatic rings. The highest BCUT2D eigenvalue weighted by molar-refractivity contribution is 7.99. The highest BCUT2D eigenvalue weighted by Gasteiger charge is 2.16. The first kappa shape index (κ1) is 20.0. The number of imidazole rings is 1. The maximum absolute atomic E-state index is 13.0. The van der Waals surface area contributed by atoms with Crippen LogP contribution in [0.2, 0.25) is 0 Å². The van der Waals surface area contributed by atoms with Gasteiger partial charge in [0.15, 0.2) is 5.16 Å². The van der Waals surface area contributed by atoms with Gasteiger partial charge in [-0.05, 0) is 43.7 Å². The number of fused-ring (bicyclic) bond motifs is 2. The van der Waals surface area contributed by atoms with E-state index in [1.807, 2.05) is 26.0 Å². The fraction of sp³-hybridized carbons (Fsp3) is 0.238. The van der Waals surface area contributed by atoms with Crippen molar-refractivity contribution in [2.45, 2.75) is 31.5 Å². The van der Waals surface area contributed by atoms with Crippen LogP contribution in [0, 0.1) is 0 Å². The molecule has 2 heterocycles. The van der Waals surface area contributed by atoms with Crippen molar-refractivity contribution in [3.63, 3.8) is 0 Å². The minimum absolute atomic E-state index is 0.0343. The number of nitrogens with one attached hydrogen (secondary N) is 3. The molecule has 1 atom stereocenters. The van der Waals surface area contributed by atoms with Crippen molar-refractivity contribution in [3.05, 3.63) is 63.3 Å². The Hall–Kier alpha value is -3.33. The molecule has 9 heteroatoms. The van der Waals surface area contributed by atoms with Gasteiger partial charge in [0.05, 0.1) is 27.7 Å². The molecule has 0 aliphatic carbocycles. The Balaban J connectivity index is 1.56. The summed E-state index contributed by atoms with van der Waals surface area (Å²) in [5.41, 5.74) is 2.09. The summed E-state index contributed by atoms with van der Waals surface area (Å²) in [6.45, 7) is 3.98. The predicted octanol–water partition coefficient (Wildman–Crippen LogP) is 3.27. The first-order chi connectivity index (χ1) is 14.5. The zero-order valence-corrected chi connectivity index (χ0v) is 17.4. The number of amides is 1. The molecule has 8 nitrogen and oxygen atoms in total. The van der Waals surface area contributed by atoms with Crippen molar-refractivity contribution in [3.8, 4) is 0 Å². The van der Waals surface area contributed by atoms with Crippen molar-refractivity contribution in [2.24, 2.45) is 0 Å². The number of hydrogen-bond donors (Lipinski definition) is 3. The van der Waals surface area contributed by atoms with Crippen molar-refractivity contribution >= 4 is 45.3 Å². The van der Waals surface area contributed by atoms with E-state index in [2.05, 4.69) is 20.3 Å². The largest absolute Gasteiger partial charge is 0.325 e. The molecule has 0 spiro atoms. The van der Waals surface area contributed by atoms with Crippen LogP contribution in [0.15, 0.2) is 57.2 Å². The molecular formula is C21H21N5O3S. The molecule has 0 saturated carbocycles. The summed E-state index contributed by atoms with van der Waals surface area (Å²) in [6, 6.07) is 12.3. The average molecular weight is 423 g/mol. The van der Waals surface area contributed by atoms with E-state index < -0.39 is 0 Å². The highest BCUT2D eigenvalue weighted by Crippen LogP contribution is 2.23. The molecule has 3 N–H and O–H groups in total. The summed E-state index contributed by atoms with van der Waals surface area (Å²) in [5.74, 6) is -0.126. The van der Waals surface area contributed by atoms with Gasteiger partial charge in [-0.3, -0.25) is 14.2 Å². The lowest BCUT2D eigenvalue weighted by Crippen LogP contribution is -2.26. The van der Waals surface area contributed by atoms with E-state index in [1.165, 1.54) is 11.8 Å². The number of thioether (sulfide) groups is 1. The van der Waals surface area contributed by atoms with Gasteiger partial charge in [-0.2, -0.15) is 0 Å². The Labute approximate surface area is 175 Å². The number of carbonyl (C=O) groups excluding carboxylic acids is 1. The fourth-order valence-corrected chi connectivity index (χ4v) is 4.13. The van der Waals surface area contributed by atoms with E-state index in [4.69, 9.17) is 0 Å². The van der Waals surface area contributed by atoms with Crippen LogP contribution >= 0.6 is 11.8 Å². The van der Waals surface area contributed by atoms with Crippen LogP contribution in [0.3, 0.4) is 0 Å². The van der Waals surface area contributed by atoms with Crippen LogP contribution in [-0.4, -0.2) is 31.2 Å². The first-order valence-corrected chi connectivity index (χ1v) is 10.6. The number of aromatic nitrogens is 4. The normalized spacial score (nSPS) is 12.3. The van der Waals surface area contributed by atoms with Gasteiger partial charge in [0.2, 0.25) is 5.91 Å². The Morgan fingerprint density at radius 1 is 1.17 bits per heavy atom. The van der Waals surface area contributed by atoms with E-state index in [0.717, 1.165) is 6.42 Å². The number of nitrogens with zero attached hydrogens (tertiary/aromatic N) is 2. The molecule has 0 aliphatic heterocycles. The van der Waals surface area contributed by atoms with E-state index in [0.29, 0.717) is 32.8 Å². The molecule has 30 heavy (non-hydrogen) atoms. The van der Waals surface area contributed by atoms with Crippen LogP contribution < -0.4 is 16.6 Å². The molecule has 0 unspecified atom stereocenters. The quantitative estimate of drug-likeness (QED) is 0.325. The summed E-state index contributed by atoms with van der Waals surface area (Å²) < 4.78 is 1.66. The molecular weight excluding hydrogens is 402 g/mol. The first-order valence-electron chi connectivity index (χ1n) is 9.62. The number of rotatable bonds is 6. The number of benzene rings is 2. The van der Waals surface area contributed by atoms with Crippen LogP contribution in [0.5, 0.6) is 0 Å². The van der Waals surface area contributed by atoms with Gasteiger partial charge in [-0.15, -0.1) is 0 Å². The Kier molecular flexibility index (Phi) is 5.45. The molecule has 2 aromatic heterocycles. The second-order valence-corrected chi connectivity index (χ2v) is 7.96. The van der Waals surface area contributed by atoms with E-state index >= 15 is 0 Å². The number of para-hydroxylation sites is 1. The molecule has 2 aromatic carbocycles. The monoisotopic (exact) mass is 423 g/mol. The summed E-state index contributed by atoms with van der Waals surface area (Å²) in [4.78, 5) is 46.8. The van der Waals surface area contributed by atoms with Crippen molar-refractivity contribution in [2.75, 3.05) is 11.1 Å². The van der Waals surface area contributed by atoms with Gasteiger partial charge >= 0.3 is 5.69 Å². The smallest absolute Gasteiger partial charge is 0.323 e. The van der Waals surface area contributed by atoms with E-state index in [9.17, 15) is 14.4 Å². The Morgan fingerprint density at radius 2 is 1.93 bits per heavy atom. The van der Waals surface area contributed by atoms with Crippen LogP contribution in [0.25, 0.3) is 21.9 Å². The number of aromatic amines is 2. The molecule has 154 valence electrons. The maximum atomic E-state index is 13.0. The third-order valence-electron chi connectivity index (χ3n) is 4.94. The summed E-state index contributed by atoms with van der Waals surface area (Å²) in [6.07, 6.45) is 0.772. The van der Waals surface area contributed by atoms with Gasteiger partial charge < -0.3 is 15.3 Å². The molecule has 4 rings (SSSR count). The molecule has 0 bridgehead atoms. The second-order valence-electron chi connectivity index (χ2n) is 7.02. The van der Waals surface area contributed by atoms with Gasteiger partial charge in [0, 0.05) is 11.7 Å². The number of hydrogen-bond acceptors (Lipinski definition) is 5. The Bertz CT molecular complexity index is 1350. The minimum atomic E-state index is -0.297. The lowest BCUT2D eigenvalue weighted by molar-refractivity contribution is -0.113. The average Bonchev–Trinajstić information content (AvgIpc) is 3.11. The third kappa shape index (κ3) is 3.88. The fourth-order valence-electron chi connectivity index (χ4n) is 3.24. The molecule has 0 saturated heterocycles. The van der Waals surface area contributed by atoms with Crippen LogP contribution in [-0.2, 0) is 4.79 Å².